The van der Waals surface area contributed by atoms with Crippen molar-refractivity contribution in [3.05, 3.63) is 40.6 Å². The van der Waals surface area contributed by atoms with Gasteiger partial charge in [-0.2, -0.15) is 5.10 Å². The van der Waals surface area contributed by atoms with Gasteiger partial charge in [-0.25, -0.2) is 9.48 Å². The fraction of sp³-hybridized carbons (Fsp3) is 0.0909. The number of nitrogens with zero attached hydrogens (tertiary/aromatic N) is 2. The van der Waals surface area contributed by atoms with Gasteiger partial charge in [-0.15, -0.1) is 0 Å². The lowest BCUT2D eigenvalue weighted by atomic mass is 10.2. The van der Waals surface area contributed by atoms with E-state index >= 15 is 0 Å². The quantitative estimate of drug-likeness (QED) is 0.861. The van der Waals surface area contributed by atoms with E-state index in [1.54, 1.807) is 35.1 Å². The highest BCUT2D eigenvalue weighted by atomic mass is 79.9. The molecule has 0 fully saturated rings. The van der Waals surface area contributed by atoms with Crippen molar-refractivity contribution in [3.63, 3.8) is 0 Å². The Bertz CT molecular complexity index is 529. The topological polar surface area (TPSA) is 70.1 Å². The number of hydrogen-bond acceptors (Lipinski definition) is 4. The molecule has 0 saturated heterocycles. The number of carbonyl (C=O) groups excluding carboxylic acids is 1. The number of nitrogens with two attached hydrogens (primary N) is 1. The zero-order valence-corrected chi connectivity index (χ0v) is 10.6. The molecule has 1 aromatic heterocycles. The first-order valence-corrected chi connectivity index (χ1v) is 5.60. The molecule has 6 heteroatoms. The molecular formula is C11H10BrN3O2. The highest BCUT2D eigenvalue weighted by Crippen LogP contribution is 2.19. The minimum atomic E-state index is -0.363. The number of anilines is 1. The molecule has 0 radical (unpaired) electrons. The number of ether oxygens (including phenoxy) is 1. The third-order valence-corrected chi connectivity index (χ3v) is 2.86. The van der Waals surface area contributed by atoms with Crippen LogP contribution in [0, 0.1) is 0 Å². The molecule has 0 unspecified atom stereocenters. The molecule has 0 saturated carbocycles. The van der Waals surface area contributed by atoms with E-state index < -0.39 is 0 Å². The Morgan fingerprint density at radius 3 is 2.53 bits per heavy atom. The largest absolute Gasteiger partial charge is 0.465 e. The molecule has 0 spiro atoms. The molecule has 1 aromatic carbocycles. The molecular weight excluding hydrogens is 286 g/mol. The zero-order chi connectivity index (χ0) is 12.4. The van der Waals surface area contributed by atoms with Gasteiger partial charge in [0.05, 0.1) is 30.2 Å². The number of methoxy groups -OCH3 is 1. The average molecular weight is 296 g/mol. The Labute approximate surface area is 106 Å². The van der Waals surface area contributed by atoms with Crippen LogP contribution in [-0.4, -0.2) is 22.9 Å². The number of benzene rings is 1. The van der Waals surface area contributed by atoms with Crippen molar-refractivity contribution in [3.8, 4) is 5.69 Å². The molecule has 0 aliphatic carbocycles. The van der Waals surface area contributed by atoms with Crippen LogP contribution in [0.3, 0.4) is 0 Å². The van der Waals surface area contributed by atoms with Gasteiger partial charge in [-0.1, -0.05) is 0 Å². The van der Waals surface area contributed by atoms with Gasteiger partial charge in [0.15, 0.2) is 4.60 Å². The van der Waals surface area contributed by atoms with Crippen LogP contribution in [0.25, 0.3) is 5.69 Å². The molecule has 2 N–H and O–H groups in total. The predicted molar refractivity (Wildman–Crippen MR) is 67.0 cm³/mol. The predicted octanol–water partition coefficient (Wildman–Crippen LogP) is 2.00. The van der Waals surface area contributed by atoms with Gasteiger partial charge in [0.2, 0.25) is 0 Å². The highest BCUT2D eigenvalue weighted by molar-refractivity contribution is 9.10. The Hall–Kier alpha value is -1.82. The maximum Gasteiger partial charge on any atom is 0.337 e. The van der Waals surface area contributed by atoms with Crippen molar-refractivity contribution in [1.82, 2.24) is 9.78 Å². The van der Waals surface area contributed by atoms with E-state index in [0.29, 0.717) is 15.9 Å². The van der Waals surface area contributed by atoms with Crippen LogP contribution in [-0.2, 0) is 4.74 Å². The average Bonchev–Trinajstić information content (AvgIpc) is 2.69. The van der Waals surface area contributed by atoms with Crippen LogP contribution in [0.4, 0.5) is 5.69 Å². The van der Waals surface area contributed by atoms with Crippen molar-refractivity contribution < 1.29 is 9.53 Å². The molecule has 1 heterocycles. The van der Waals surface area contributed by atoms with Gasteiger partial charge < -0.3 is 10.5 Å². The summed E-state index contributed by atoms with van der Waals surface area (Å²) in [5, 5.41) is 4.17. The summed E-state index contributed by atoms with van der Waals surface area (Å²) >= 11 is 3.23. The molecule has 5 nitrogen and oxygen atoms in total. The Kier molecular flexibility index (Phi) is 3.14. The summed E-state index contributed by atoms with van der Waals surface area (Å²) in [6.07, 6.45) is 1.69. The summed E-state index contributed by atoms with van der Waals surface area (Å²) in [6, 6.07) is 6.89. The molecule has 0 aliphatic heterocycles. The first-order valence-electron chi connectivity index (χ1n) is 4.81. The van der Waals surface area contributed by atoms with Crippen molar-refractivity contribution in [2.45, 2.75) is 0 Å². The first kappa shape index (κ1) is 11.7. The molecule has 88 valence electrons. The van der Waals surface area contributed by atoms with Crippen molar-refractivity contribution in [2.24, 2.45) is 0 Å². The van der Waals surface area contributed by atoms with Gasteiger partial charge in [0.1, 0.15) is 0 Å². The molecule has 0 bridgehead atoms. The van der Waals surface area contributed by atoms with Crippen LogP contribution in [0.2, 0.25) is 0 Å². The molecule has 17 heavy (non-hydrogen) atoms. The van der Waals surface area contributed by atoms with E-state index in [1.165, 1.54) is 7.11 Å². The number of esters is 1. The second-order valence-electron chi connectivity index (χ2n) is 3.36. The SMILES string of the molecule is COC(=O)c1ccc(-n2cc(N)c(Br)n2)cc1. The number of nitrogen functional groups attached to an aromatic ring is 1. The highest BCUT2D eigenvalue weighted by Gasteiger charge is 2.07. The number of halogens is 1. The summed E-state index contributed by atoms with van der Waals surface area (Å²) in [6.45, 7) is 0. The van der Waals surface area contributed by atoms with E-state index in [0.717, 1.165) is 5.69 Å². The standard InChI is InChI=1S/C11H10BrN3O2/c1-17-11(16)7-2-4-8(5-3-7)15-6-9(13)10(12)14-15/h2-6H,13H2,1H3. The van der Waals surface area contributed by atoms with Gasteiger partial charge in [0.25, 0.3) is 0 Å². The van der Waals surface area contributed by atoms with Gasteiger partial charge >= 0.3 is 5.97 Å². The normalized spacial score (nSPS) is 10.2. The molecule has 2 rings (SSSR count). The molecule has 0 aliphatic rings. The van der Waals surface area contributed by atoms with Crippen molar-refractivity contribution >= 4 is 27.6 Å². The number of rotatable bonds is 2. The maximum atomic E-state index is 11.2. The molecule has 0 atom stereocenters. The third-order valence-electron chi connectivity index (χ3n) is 2.25. The molecule has 0 amide bonds. The summed E-state index contributed by atoms with van der Waals surface area (Å²) in [5.74, 6) is -0.363. The van der Waals surface area contributed by atoms with E-state index in [-0.39, 0.29) is 5.97 Å². The van der Waals surface area contributed by atoms with Crippen LogP contribution in [0.15, 0.2) is 35.1 Å². The smallest absolute Gasteiger partial charge is 0.337 e. The lowest BCUT2D eigenvalue weighted by molar-refractivity contribution is 0.0601. The minimum Gasteiger partial charge on any atom is -0.465 e. The fourth-order valence-corrected chi connectivity index (χ4v) is 1.64. The van der Waals surface area contributed by atoms with E-state index in [4.69, 9.17) is 5.73 Å². The maximum absolute atomic E-state index is 11.2. The molecule has 2 aromatic rings. The first-order chi connectivity index (χ1) is 8.11. The van der Waals surface area contributed by atoms with Crippen molar-refractivity contribution in [2.75, 3.05) is 12.8 Å². The van der Waals surface area contributed by atoms with Gasteiger partial charge in [-0.05, 0) is 40.2 Å². The van der Waals surface area contributed by atoms with Crippen LogP contribution >= 0.6 is 15.9 Å². The number of aromatic nitrogens is 2. The monoisotopic (exact) mass is 295 g/mol. The number of hydrogen-bond donors (Lipinski definition) is 1. The lowest BCUT2D eigenvalue weighted by Gasteiger charge is -2.02. The van der Waals surface area contributed by atoms with E-state index in [2.05, 4.69) is 25.8 Å². The minimum absolute atomic E-state index is 0.363. The Morgan fingerprint density at radius 1 is 1.41 bits per heavy atom. The van der Waals surface area contributed by atoms with Gasteiger partial charge in [-0.3, -0.25) is 0 Å². The van der Waals surface area contributed by atoms with E-state index in [1.807, 2.05) is 0 Å². The summed E-state index contributed by atoms with van der Waals surface area (Å²) < 4.78 is 6.83. The van der Waals surface area contributed by atoms with Gasteiger partial charge in [0, 0.05) is 0 Å². The summed E-state index contributed by atoms with van der Waals surface area (Å²) in [4.78, 5) is 11.2. The Balaban J connectivity index is 2.32. The third kappa shape index (κ3) is 2.31. The summed E-state index contributed by atoms with van der Waals surface area (Å²) in [5.41, 5.74) is 7.54. The summed E-state index contributed by atoms with van der Waals surface area (Å²) in [7, 11) is 1.35. The lowest BCUT2D eigenvalue weighted by Crippen LogP contribution is -2.01. The van der Waals surface area contributed by atoms with E-state index in [9.17, 15) is 4.79 Å². The van der Waals surface area contributed by atoms with Crippen LogP contribution < -0.4 is 5.73 Å². The fourth-order valence-electron chi connectivity index (χ4n) is 1.37. The second kappa shape index (κ2) is 4.58. The van der Waals surface area contributed by atoms with Crippen molar-refractivity contribution in [1.29, 1.82) is 0 Å². The van der Waals surface area contributed by atoms with Crippen LogP contribution in [0.5, 0.6) is 0 Å². The number of carbonyl (C=O) groups is 1. The van der Waals surface area contributed by atoms with Crippen LogP contribution in [0.1, 0.15) is 10.4 Å². The second-order valence-corrected chi connectivity index (χ2v) is 4.11. The Morgan fingerprint density at radius 2 is 2.06 bits per heavy atom. The zero-order valence-electron chi connectivity index (χ0n) is 9.05.